The molecule has 2 aliphatic heterocycles. The van der Waals surface area contributed by atoms with Crippen LogP contribution in [0.2, 0.25) is 0 Å². The van der Waals surface area contributed by atoms with Crippen LogP contribution in [0.4, 0.5) is 5.69 Å². The summed E-state index contributed by atoms with van der Waals surface area (Å²) in [5.74, 6) is 1.47. The van der Waals surface area contributed by atoms with Gasteiger partial charge in [-0.2, -0.15) is 0 Å². The lowest BCUT2D eigenvalue weighted by Gasteiger charge is -2.20. The summed E-state index contributed by atoms with van der Waals surface area (Å²) >= 11 is 0. The first kappa shape index (κ1) is 13.1. The zero-order valence-corrected chi connectivity index (χ0v) is 12.8. The fourth-order valence-corrected chi connectivity index (χ4v) is 4.05. The third kappa shape index (κ3) is 1.98. The van der Waals surface area contributed by atoms with E-state index in [9.17, 15) is 4.79 Å². The molecular weight excluding hydrogens is 288 g/mol. The summed E-state index contributed by atoms with van der Waals surface area (Å²) in [5, 5.41) is 4.79. The van der Waals surface area contributed by atoms with Crippen LogP contribution in [-0.2, 0) is 0 Å². The van der Waals surface area contributed by atoms with E-state index >= 15 is 0 Å². The Labute approximate surface area is 133 Å². The van der Waals surface area contributed by atoms with Gasteiger partial charge in [-0.05, 0) is 42.2 Å². The van der Waals surface area contributed by atoms with Gasteiger partial charge in [-0.3, -0.25) is 4.79 Å². The van der Waals surface area contributed by atoms with Gasteiger partial charge in [0.25, 0.3) is 0 Å². The molecule has 4 nitrogen and oxygen atoms in total. The van der Waals surface area contributed by atoms with E-state index in [-0.39, 0.29) is 5.43 Å². The Morgan fingerprint density at radius 1 is 0.957 bits per heavy atom. The molecule has 0 spiro atoms. The molecule has 0 amide bonds. The lowest BCUT2D eigenvalue weighted by molar-refractivity contribution is 0.533. The van der Waals surface area contributed by atoms with Gasteiger partial charge in [0.1, 0.15) is 11.2 Å². The minimum atomic E-state index is 0.0600. The Kier molecular flexibility index (Phi) is 2.76. The number of nitrogens with zero attached hydrogens (tertiary/aromatic N) is 1. The monoisotopic (exact) mass is 306 g/mol. The molecule has 4 heteroatoms. The molecule has 0 radical (unpaired) electrons. The Morgan fingerprint density at radius 3 is 2.52 bits per heavy atom. The first-order valence-electron chi connectivity index (χ1n) is 8.21. The van der Waals surface area contributed by atoms with Crippen molar-refractivity contribution in [3.8, 4) is 0 Å². The van der Waals surface area contributed by atoms with Crippen LogP contribution >= 0.6 is 0 Å². The summed E-state index contributed by atoms with van der Waals surface area (Å²) in [6, 6.07) is 13.5. The van der Waals surface area contributed by atoms with Crippen molar-refractivity contribution in [3.63, 3.8) is 0 Å². The highest BCUT2D eigenvalue weighted by Gasteiger charge is 2.36. The first-order valence-corrected chi connectivity index (χ1v) is 8.21. The SMILES string of the molecule is O=c1c2ccccc2oc2ccc(N3CC4CNCC4C3)cc12. The largest absolute Gasteiger partial charge is 0.456 e. The molecule has 2 saturated heterocycles. The van der Waals surface area contributed by atoms with Crippen molar-refractivity contribution in [2.75, 3.05) is 31.1 Å². The van der Waals surface area contributed by atoms with Gasteiger partial charge in [0, 0.05) is 31.9 Å². The van der Waals surface area contributed by atoms with Crippen LogP contribution in [0.25, 0.3) is 21.9 Å². The van der Waals surface area contributed by atoms with Crippen LogP contribution in [0.3, 0.4) is 0 Å². The summed E-state index contributed by atoms with van der Waals surface area (Å²) in [7, 11) is 0. The van der Waals surface area contributed by atoms with Crippen molar-refractivity contribution >= 4 is 27.6 Å². The van der Waals surface area contributed by atoms with E-state index in [4.69, 9.17) is 4.42 Å². The van der Waals surface area contributed by atoms with Crippen LogP contribution in [0.5, 0.6) is 0 Å². The van der Waals surface area contributed by atoms with Crippen molar-refractivity contribution in [1.29, 1.82) is 0 Å². The molecule has 1 aromatic heterocycles. The molecular formula is C19H18N2O2. The molecule has 116 valence electrons. The van der Waals surface area contributed by atoms with Crippen LogP contribution in [0.1, 0.15) is 0 Å². The lowest BCUT2D eigenvalue weighted by Crippen LogP contribution is -2.25. The lowest BCUT2D eigenvalue weighted by atomic mass is 10.0. The van der Waals surface area contributed by atoms with Crippen molar-refractivity contribution in [3.05, 3.63) is 52.7 Å². The van der Waals surface area contributed by atoms with Gasteiger partial charge in [0.15, 0.2) is 0 Å². The van der Waals surface area contributed by atoms with Crippen LogP contribution in [0, 0.1) is 11.8 Å². The highest BCUT2D eigenvalue weighted by Crippen LogP contribution is 2.32. The number of nitrogens with one attached hydrogen (secondary N) is 1. The van der Waals surface area contributed by atoms with Crippen LogP contribution < -0.4 is 15.6 Å². The number of benzene rings is 2. The van der Waals surface area contributed by atoms with Crippen LogP contribution in [0.15, 0.2) is 51.7 Å². The topological polar surface area (TPSA) is 45.5 Å². The number of anilines is 1. The number of rotatable bonds is 1. The fraction of sp³-hybridized carbons (Fsp3) is 0.316. The number of para-hydroxylation sites is 1. The number of fused-ring (bicyclic) bond motifs is 3. The third-order valence-corrected chi connectivity index (χ3v) is 5.31. The molecule has 0 bridgehead atoms. The van der Waals surface area contributed by atoms with Crippen molar-refractivity contribution in [1.82, 2.24) is 5.32 Å². The van der Waals surface area contributed by atoms with Gasteiger partial charge in [-0.1, -0.05) is 12.1 Å². The minimum absolute atomic E-state index is 0.0600. The van der Waals surface area contributed by atoms with E-state index in [0.717, 1.165) is 43.7 Å². The molecule has 3 heterocycles. The second-order valence-electron chi connectivity index (χ2n) is 6.69. The molecule has 1 N–H and O–H groups in total. The van der Waals surface area contributed by atoms with E-state index in [1.54, 1.807) is 0 Å². The Balaban J connectivity index is 1.63. The summed E-state index contributed by atoms with van der Waals surface area (Å²) in [4.78, 5) is 15.2. The molecule has 23 heavy (non-hydrogen) atoms. The van der Waals surface area contributed by atoms with Crippen LogP contribution in [-0.4, -0.2) is 26.2 Å². The molecule has 2 unspecified atom stereocenters. The molecule has 5 rings (SSSR count). The number of hydrogen-bond donors (Lipinski definition) is 1. The standard InChI is InChI=1S/C19H18N2O2/c22-19-15-3-1-2-4-17(15)23-18-6-5-14(7-16(18)19)21-10-12-8-20-9-13(12)11-21/h1-7,12-13,20H,8-11H2. The minimum Gasteiger partial charge on any atom is -0.456 e. The second-order valence-corrected chi connectivity index (χ2v) is 6.69. The number of hydrogen-bond acceptors (Lipinski definition) is 4. The maximum Gasteiger partial charge on any atom is 0.200 e. The maximum absolute atomic E-state index is 12.8. The fourth-order valence-electron chi connectivity index (χ4n) is 4.05. The molecule has 2 atom stereocenters. The van der Waals surface area contributed by atoms with Gasteiger partial charge in [-0.15, -0.1) is 0 Å². The molecule has 2 fully saturated rings. The smallest absolute Gasteiger partial charge is 0.200 e. The highest BCUT2D eigenvalue weighted by molar-refractivity contribution is 5.91. The Hall–Kier alpha value is -2.33. The van der Waals surface area contributed by atoms with E-state index in [1.807, 2.05) is 36.4 Å². The van der Waals surface area contributed by atoms with Crippen molar-refractivity contribution < 1.29 is 4.42 Å². The van der Waals surface area contributed by atoms with E-state index in [2.05, 4.69) is 16.3 Å². The van der Waals surface area contributed by atoms with Gasteiger partial charge >= 0.3 is 0 Å². The summed E-state index contributed by atoms with van der Waals surface area (Å²) in [6.45, 7) is 4.37. The highest BCUT2D eigenvalue weighted by atomic mass is 16.3. The van der Waals surface area contributed by atoms with E-state index in [1.165, 1.54) is 0 Å². The zero-order valence-electron chi connectivity index (χ0n) is 12.8. The molecule has 0 saturated carbocycles. The van der Waals surface area contributed by atoms with Gasteiger partial charge in [0.2, 0.25) is 5.43 Å². The van der Waals surface area contributed by atoms with Crippen molar-refractivity contribution in [2.45, 2.75) is 0 Å². The Bertz CT molecular complexity index is 950. The molecule has 3 aromatic rings. The maximum atomic E-state index is 12.8. The van der Waals surface area contributed by atoms with E-state index in [0.29, 0.717) is 21.9 Å². The molecule has 0 aliphatic carbocycles. The summed E-state index contributed by atoms with van der Waals surface area (Å²) in [5.41, 5.74) is 2.51. The van der Waals surface area contributed by atoms with Gasteiger partial charge in [-0.25, -0.2) is 0 Å². The quantitative estimate of drug-likeness (QED) is 0.702. The normalized spacial score (nSPS) is 23.7. The molecule has 2 aromatic carbocycles. The Morgan fingerprint density at radius 2 is 1.70 bits per heavy atom. The zero-order chi connectivity index (χ0) is 15.4. The average molecular weight is 306 g/mol. The third-order valence-electron chi connectivity index (χ3n) is 5.31. The first-order chi connectivity index (χ1) is 11.3. The average Bonchev–Trinajstić information content (AvgIpc) is 3.17. The van der Waals surface area contributed by atoms with Gasteiger partial charge in [0.05, 0.1) is 10.8 Å². The van der Waals surface area contributed by atoms with E-state index < -0.39 is 0 Å². The second kappa shape index (κ2) is 4.83. The molecule has 2 aliphatic rings. The summed E-state index contributed by atoms with van der Waals surface area (Å²) in [6.07, 6.45) is 0. The van der Waals surface area contributed by atoms with Gasteiger partial charge < -0.3 is 14.6 Å². The summed E-state index contributed by atoms with van der Waals surface area (Å²) < 4.78 is 5.89. The predicted molar refractivity (Wildman–Crippen MR) is 92.1 cm³/mol. The predicted octanol–water partition coefficient (Wildman–Crippen LogP) is 2.60. The van der Waals surface area contributed by atoms with Crippen molar-refractivity contribution in [2.24, 2.45) is 11.8 Å².